The van der Waals surface area contributed by atoms with E-state index < -0.39 is 0 Å². The molecule has 2 heterocycles. The molecule has 2 aliphatic rings. The molecule has 0 fully saturated rings. The summed E-state index contributed by atoms with van der Waals surface area (Å²) in [5.41, 5.74) is 3.36. The van der Waals surface area contributed by atoms with Crippen LogP contribution in [0.25, 0.3) is 0 Å². The second-order valence-corrected chi connectivity index (χ2v) is 8.02. The number of aryl methyl sites for hydroxylation is 1. The number of carbonyl (C=O) groups excluding carboxylic acids is 2. The van der Waals surface area contributed by atoms with Crippen LogP contribution >= 0.6 is 11.3 Å². The van der Waals surface area contributed by atoms with Crippen LogP contribution in [0, 0.1) is 18.3 Å². The summed E-state index contributed by atoms with van der Waals surface area (Å²) in [6, 6.07) is 1.84. The smallest absolute Gasteiger partial charge is 0.287 e. The second-order valence-electron chi connectivity index (χ2n) is 7.11. The Bertz CT molecular complexity index is 832. The van der Waals surface area contributed by atoms with Crippen molar-refractivity contribution in [3.05, 3.63) is 57.5 Å². The number of hydrogen-bond acceptors (Lipinski definition) is 3. The van der Waals surface area contributed by atoms with Gasteiger partial charge in [-0.2, -0.15) is 0 Å². The first-order valence-electron chi connectivity index (χ1n) is 7.85. The van der Waals surface area contributed by atoms with Crippen LogP contribution in [0.1, 0.15) is 36.0 Å². The molecule has 2 amide bonds. The molecule has 0 radical (unpaired) electrons. The number of thiophene rings is 1. The minimum atomic E-state index is -0.253. The lowest BCUT2D eigenvalue weighted by Gasteiger charge is -2.34. The van der Waals surface area contributed by atoms with E-state index in [0.717, 1.165) is 16.8 Å². The summed E-state index contributed by atoms with van der Waals surface area (Å²) in [6.45, 7) is 8.23. The number of nitrogens with one attached hydrogen (secondary N) is 1. The molecule has 1 N–H and O–H groups in total. The molecule has 3 rings (SSSR count). The quantitative estimate of drug-likeness (QED) is 0.845. The molecule has 0 saturated heterocycles. The number of hydrogen-bond donors (Lipinski definition) is 1. The molecule has 1 atom stereocenters. The van der Waals surface area contributed by atoms with Gasteiger partial charge in [0.15, 0.2) is 0 Å². The van der Waals surface area contributed by atoms with Crippen molar-refractivity contribution in [2.45, 2.75) is 27.7 Å². The molecule has 0 spiro atoms. The molecule has 1 aromatic rings. The van der Waals surface area contributed by atoms with Crippen LogP contribution < -0.4 is 5.32 Å². The SMILES string of the molecule is Cc1csc(C(=O)N=C2C=CC3C(=C2)NC(=O)C=C3C(C)(C)C)c1. The Morgan fingerprint density at radius 2 is 2.04 bits per heavy atom. The van der Waals surface area contributed by atoms with Crippen molar-refractivity contribution >= 4 is 28.9 Å². The fourth-order valence-corrected chi connectivity index (χ4v) is 3.64. The Labute approximate surface area is 145 Å². The highest BCUT2D eigenvalue weighted by Crippen LogP contribution is 2.38. The van der Waals surface area contributed by atoms with Crippen LogP contribution in [0.5, 0.6) is 0 Å². The van der Waals surface area contributed by atoms with Crippen molar-refractivity contribution in [2.75, 3.05) is 0 Å². The number of amides is 2. The Kier molecular flexibility index (Phi) is 4.13. The predicted molar refractivity (Wildman–Crippen MR) is 97.2 cm³/mol. The third kappa shape index (κ3) is 3.31. The van der Waals surface area contributed by atoms with Crippen LogP contribution in [0.15, 0.2) is 52.0 Å². The van der Waals surface area contributed by atoms with Crippen molar-refractivity contribution < 1.29 is 9.59 Å². The van der Waals surface area contributed by atoms with Gasteiger partial charge in [-0.3, -0.25) is 9.59 Å². The predicted octanol–water partition coefficient (Wildman–Crippen LogP) is 3.81. The number of carbonyl (C=O) groups is 2. The molecule has 24 heavy (non-hydrogen) atoms. The molecule has 0 bridgehead atoms. The van der Waals surface area contributed by atoms with Gasteiger partial charge in [-0.05, 0) is 47.1 Å². The van der Waals surface area contributed by atoms with E-state index in [1.165, 1.54) is 11.3 Å². The van der Waals surface area contributed by atoms with Crippen molar-refractivity contribution in [1.29, 1.82) is 0 Å². The third-order valence-electron chi connectivity index (χ3n) is 4.03. The summed E-state index contributed by atoms with van der Waals surface area (Å²) in [5, 5.41) is 4.80. The van der Waals surface area contributed by atoms with Crippen LogP contribution in [0.2, 0.25) is 0 Å². The molecular formula is C19H20N2O2S. The Morgan fingerprint density at radius 1 is 1.29 bits per heavy atom. The zero-order valence-corrected chi connectivity index (χ0v) is 15.0. The van der Waals surface area contributed by atoms with Crippen LogP contribution in [-0.4, -0.2) is 17.5 Å². The van der Waals surface area contributed by atoms with Gasteiger partial charge in [0.2, 0.25) is 5.91 Å². The highest BCUT2D eigenvalue weighted by Gasteiger charge is 2.32. The van der Waals surface area contributed by atoms with Crippen molar-refractivity contribution in [3.8, 4) is 0 Å². The van der Waals surface area contributed by atoms with E-state index >= 15 is 0 Å². The molecule has 1 aliphatic heterocycles. The van der Waals surface area contributed by atoms with Gasteiger partial charge in [0.25, 0.3) is 5.91 Å². The highest BCUT2D eigenvalue weighted by atomic mass is 32.1. The van der Waals surface area contributed by atoms with E-state index in [1.54, 1.807) is 12.2 Å². The average Bonchev–Trinajstić information content (AvgIpc) is 2.92. The van der Waals surface area contributed by atoms with E-state index in [4.69, 9.17) is 0 Å². The maximum absolute atomic E-state index is 12.2. The fourth-order valence-electron chi connectivity index (χ4n) is 2.86. The molecule has 124 valence electrons. The lowest BCUT2D eigenvalue weighted by molar-refractivity contribution is -0.116. The molecule has 1 unspecified atom stereocenters. The topological polar surface area (TPSA) is 58.5 Å². The number of aliphatic imine (C=N–C) groups is 1. The molecule has 5 heteroatoms. The number of fused-ring (bicyclic) bond motifs is 1. The zero-order chi connectivity index (χ0) is 17.5. The highest BCUT2D eigenvalue weighted by molar-refractivity contribution is 7.12. The molecule has 1 aromatic heterocycles. The van der Waals surface area contributed by atoms with Gasteiger partial charge in [0.05, 0.1) is 10.6 Å². The van der Waals surface area contributed by atoms with Gasteiger partial charge >= 0.3 is 0 Å². The van der Waals surface area contributed by atoms with E-state index in [0.29, 0.717) is 10.6 Å². The van der Waals surface area contributed by atoms with Gasteiger partial charge in [-0.1, -0.05) is 26.8 Å². The van der Waals surface area contributed by atoms with Gasteiger partial charge in [-0.25, -0.2) is 4.99 Å². The van der Waals surface area contributed by atoms with Crippen LogP contribution in [0.4, 0.5) is 0 Å². The van der Waals surface area contributed by atoms with E-state index in [2.05, 4.69) is 31.1 Å². The normalized spacial score (nSPS) is 21.9. The first-order valence-corrected chi connectivity index (χ1v) is 8.73. The summed E-state index contributed by atoms with van der Waals surface area (Å²) in [4.78, 5) is 29.0. The molecule has 1 aliphatic carbocycles. The molecule has 0 aromatic carbocycles. The fraction of sp³-hybridized carbons (Fsp3) is 0.316. The van der Waals surface area contributed by atoms with Crippen molar-refractivity contribution in [2.24, 2.45) is 16.3 Å². The third-order valence-corrected chi connectivity index (χ3v) is 5.06. The van der Waals surface area contributed by atoms with Gasteiger partial charge in [0, 0.05) is 17.7 Å². The van der Waals surface area contributed by atoms with Crippen molar-refractivity contribution in [3.63, 3.8) is 0 Å². The largest absolute Gasteiger partial charge is 0.325 e. The summed E-state index contributed by atoms with van der Waals surface area (Å²) in [5.74, 6) is -0.352. The first kappa shape index (κ1) is 16.6. The minimum Gasteiger partial charge on any atom is -0.325 e. The summed E-state index contributed by atoms with van der Waals surface area (Å²) < 4.78 is 0. The Morgan fingerprint density at radius 3 is 2.67 bits per heavy atom. The summed E-state index contributed by atoms with van der Waals surface area (Å²) in [7, 11) is 0. The number of nitrogens with zero attached hydrogens (tertiary/aromatic N) is 1. The Hall–Kier alpha value is -2.27. The standard InChI is InChI=1S/C19H20N2O2S/c1-11-7-16(24-10-11)18(23)20-12-5-6-13-14(19(2,3)4)9-17(22)21-15(13)8-12/h5-10,13H,1-4H3,(H,21,22). The van der Waals surface area contributed by atoms with E-state index in [1.807, 2.05) is 30.5 Å². The average molecular weight is 340 g/mol. The first-order chi connectivity index (χ1) is 11.2. The summed E-state index contributed by atoms with van der Waals surface area (Å²) in [6.07, 6.45) is 7.31. The molecule has 0 saturated carbocycles. The summed E-state index contributed by atoms with van der Waals surface area (Å²) >= 11 is 1.39. The van der Waals surface area contributed by atoms with Gasteiger partial charge in [0.1, 0.15) is 0 Å². The zero-order valence-electron chi connectivity index (χ0n) is 14.2. The van der Waals surface area contributed by atoms with Gasteiger partial charge in [-0.15, -0.1) is 11.3 Å². The van der Waals surface area contributed by atoms with Gasteiger partial charge < -0.3 is 5.32 Å². The monoisotopic (exact) mass is 340 g/mol. The van der Waals surface area contributed by atoms with E-state index in [9.17, 15) is 9.59 Å². The van der Waals surface area contributed by atoms with Crippen LogP contribution in [-0.2, 0) is 4.79 Å². The number of allylic oxidation sites excluding steroid dienone is 3. The molecular weight excluding hydrogens is 320 g/mol. The lowest BCUT2D eigenvalue weighted by atomic mass is 9.74. The Balaban J connectivity index is 1.90. The minimum absolute atomic E-state index is 0.0285. The van der Waals surface area contributed by atoms with Crippen LogP contribution in [0.3, 0.4) is 0 Å². The lowest BCUT2D eigenvalue weighted by Crippen LogP contribution is -2.36. The van der Waals surface area contributed by atoms with Crippen molar-refractivity contribution in [1.82, 2.24) is 5.32 Å². The maximum atomic E-state index is 12.2. The van der Waals surface area contributed by atoms with E-state index in [-0.39, 0.29) is 23.1 Å². The second kappa shape index (κ2) is 5.98. The molecule has 4 nitrogen and oxygen atoms in total. The maximum Gasteiger partial charge on any atom is 0.287 e. The number of rotatable bonds is 1.